The van der Waals surface area contributed by atoms with Crippen molar-refractivity contribution < 1.29 is 19.1 Å². The van der Waals surface area contributed by atoms with Gasteiger partial charge in [-0.05, 0) is 38.1 Å². The number of aliphatic imine (C=N–C) groups is 1. The van der Waals surface area contributed by atoms with Crippen LogP contribution in [0.4, 0.5) is 0 Å². The topological polar surface area (TPSA) is 107 Å². The van der Waals surface area contributed by atoms with Gasteiger partial charge in [-0.1, -0.05) is 27.7 Å². The predicted octanol–water partition coefficient (Wildman–Crippen LogP) is 1.97. The van der Waals surface area contributed by atoms with Crippen LogP contribution in [0.2, 0.25) is 0 Å². The normalized spacial score (nSPS) is 23.2. The number of carbonyl (C=O) groups is 2. The lowest BCUT2D eigenvalue weighted by molar-refractivity contribution is -0.141. The standard InChI is InChI=1S/C24H41N5O4/c1-6-9-28-10-8-24(17-25,18-28)27-22(31)19(16-23(3,4)5)26-20(15-21(30)33-7-2)29-11-13-32-14-12-29/h19H,6-16,18H2,1-5H3,(H,27,31)/t19-,24?/m0/s1. The molecule has 0 aromatic carbocycles. The molecule has 33 heavy (non-hydrogen) atoms. The number of morpholine rings is 1. The number of ether oxygens (including phenoxy) is 2. The Balaban J connectivity index is 2.29. The molecule has 2 heterocycles. The Kier molecular flexibility index (Phi) is 10.1. The van der Waals surface area contributed by atoms with Gasteiger partial charge in [0, 0.05) is 26.2 Å². The molecule has 1 N–H and O–H groups in total. The number of amidine groups is 1. The van der Waals surface area contributed by atoms with Gasteiger partial charge in [-0.15, -0.1) is 0 Å². The van der Waals surface area contributed by atoms with E-state index in [1.165, 1.54) is 0 Å². The summed E-state index contributed by atoms with van der Waals surface area (Å²) in [5.41, 5.74) is -1.08. The molecule has 0 spiro atoms. The Labute approximate surface area is 198 Å². The maximum Gasteiger partial charge on any atom is 0.313 e. The second kappa shape index (κ2) is 12.3. The van der Waals surface area contributed by atoms with E-state index in [1.54, 1.807) is 6.92 Å². The van der Waals surface area contributed by atoms with E-state index in [4.69, 9.17) is 14.5 Å². The number of nitrogens with one attached hydrogen (secondary N) is 1. The van der Waals surface area contributed by atoms with Crippen molar-refractivity contribution in [3.05, 3.63) is 0 Å². The van der Waals surface area contributed by atoms with E-state index in [1.807, 2.05) is 4.90 Å². The molecule has 9 heteroatoms. The number of likely N-dealkylation sites (tertiary alicyclic amines) is 1. The quantitative estimate of drug-likeness (QED) is 0.316. The van der Waals surface area contributed by atoms with Crippen LogP contribution in [0.5, 0.6) is 0 Å². The predicted molar refractivity (Wildman–Crippen MR) is 127 cm³/mol. The average Bonchev–Trinajstić information content (AvgIpc) is 3.16. The summed E-state index contributed by atoms with van der Waals surface area (Å²) in [5, 5.41) is 13.0. The van der Waals surface area contributed by atoms with Crippen molar-refractivity contribution in [3.8, 4) is 6.07 Å². The summed E-state index contributed by atoms with van der Waals surface area (Å²) in [4.78, 5) is 34.8. The Morgan fingerprint density at radius 1 is 1.24 bits per heavy atom. The van der Waals surface area contributed by atoms with Crippen molar-refractivity contribution in [2.45, 2.75) is 71.9 Å². The monoisotopic (exact) mass is 463 g/mol. The highest BCUT2D eigenvalue weighted by molar-refractivity contribution is 5.99. The number of esters is 1. The zero-order chi connectivity index (χ0) is 24.5. The molecule has 2 saturated heterocycles. The zero-order valence-corrected chi connectivity index (χ0v) is 21.0. The van der Waals surface area contributed by atoms with Gasteiger partial charge in [0.05, 0.1) is 25.9 Å². The van der Waals surface area contributed by atoms with Crippen LogP contribution in [0.25, 0.3) is 0 Å². The molecule has 2 fully saturated rings. The van der Waals surface area contributed by atoms with Crippen molar-refractivity contribution in [3.63, 3.8) is 0 Å². The van der Waals surface area contributed by atoms with Gasteiger partial charge in [-0.25, -0.2) is 0 Å². The fourth-order valence-corrected chi connectivity index (χ4v) is 4.29. The number of nitriles is 1. The third-order valence-electron chi connectivity index (χ3n) is 5.86. The lowest BCUT2D eigenvalue weighted by Crippen LogP contribution is -2.53. The van der Waals surface area contributed by atoms with Gasteiger partial charge >= 0.3 is 5.97 Å². The molecule has 2 rings (SSSR count). The van der Waals surface area contributed by atoms with Crippen molar-refractivity contribution in [1.29, 1.82) is 5.26 Å². The van der Waals surface area contributed by atoms with Gasteiger partial charge in [-0.3, -0.25) is 19.5 Å². The molecule has 1 unspecified atom stereocenters. The number of rotatable bonds is 9. The molecule has 0 aromatic heterocycles. The number of amides is 1. The van der Waals surface area contributed by atoms with Gasteiger partial charge in [0.25, 0.3) is 0 Å². The summed E-state index contributed by atoms with van der Waals surface area (Å²) in [6, 6.07) is 1.65. The van der Waals surface area contributed by atoms with Crippen molar-refractivity contribution in [2.24, 2.45) is 10.4 Å². The molecule has 2 aliphatic heterocycles. The molecule has 186 valence electrons. The number of carbonyl (C=O) groups excluding carboxylic acids is 2. The minimum atomic E-state index is -0.905. The lowest BCUT2D eigenvalue weighted by Gasteiger charge is -2.32. The number of nitrogens with zero attached hydrogens (tertiary/aromatic N) is 4. The summed E-state index contributed by atoms with van der Waals surface area (Å²) in [7, 11) is 0. The summed E-state index contributed by atoms with van der Waals surface area (Å²) < 4.78 is 10.6. The summed E-state index contributed by atoms with van der Waals surface area (Å²) >= 11 is 0. The molecule has 1 amide bonds. The minimum Gasteiger partial charge on any atom is -0.466 e. The minimum absolute atomic E-state index is 0.00936. The molecule has 2 atom stereocenters. The van der Waals surface area contributed by atoms with E-state index in [9.17, 15) is 14.9 Å². The molecule has 0 saturated carbocycles. The fourth-order valence-electron chi connectivity index (χ4n) is 4.29. The first-order chi connectivity index (χ1) is 15.6. The number of hydrogen-bond acceptors (Lipinski definition) is 7. The van der Waals surface area contributed by atoms with Crippen LogP contribution in [0.1, 0.15) is 60.3 Å². The highest BCUT2D eigenvalue weighted by Gasteiger charge is 2.41. The van der Waals surface area contributed by atoms with E-state index in [-0.39, 0.29) is 23.7 Å². The maximum absolute atomic E-state index is 13.5. The van der Waals surface area contributed by atoms with Gasteiger partial charge < -0.3 is 19.7 Å². The van der Waals surface area contributed by atoms with Crippen LogP contribution in [0.3, 0.4) is 0 Å². The van der Waals surface area contributed by atoms with Gasteiger partial charge in [0.15, 0.2) is 0 Å². The van der Waals surface area contributed by atoms with E-state index < -0.39 is 11.6 Å². The molecule has 9 nitrogen and oxygen atoms in total. The van der Waals surface area contributed by atoms with Crippen molar-refractivity contribution >= 4 is 17.7 Å². The van der Waals surface area contributed by atoms with Crippen molar-refractivity contribution in [2.75, 3.05) is 52.5 Å². The lowest BCUT2D eigenvalue weighted by atomic mass is 9.87. The van der Waals surface area contributed by atoms with Crippen LogP contribution < -0.4 is 5.32 Å². The molecule has 0 aliphatic carbocycles. The second-order valence-electron chi connectivity index (χ2n) is 10.1. The largest absolute Gasteiger partial charge is 0.466 e. The third-order valence-corrected chi connectivity index (χ3v) is 5.86. The van der Waals surface area contributed by atoms with Crippen LogP contribution in [0.15, 0.2) is 4.99 Å². The summed E-state index contributed by atoms with van der Waals surface area (Å²) in [6.07, 6.45) is 2.11. The Bertz CT molecular complexity index is 736. The first-order valence-electron chi connectivity index (χ1n) is 12.1. The Hall–Kier alpha value is -2.18. The van der Waals surface area contributed by atoms with Crippen LogP contribution in [-0.4, -0.2) is 91.6 Å². The molecular weight excluding hydrogens is 422 g/mol. The van der Waals surface area contributed by atoms with Gasteiger partial charge in [0.1, 0.15) is 23.8 Å². The maximum atomic E-state index is 13.5. The molecular formula is C24H41N5O4. The highest BCUT2D eigenvalue weighted by Crippen LogP contribution is 2.26. The molecule has 0 bridgehead atoms. The smallest absolute Gasteiger partial charge is 0.313 e. The molecule has 2 aliphatic rings. The van der Waals surface area contributed by atoms with Crippen LogP contribution >= 0.6 is 0 Å². The second-order valence-corrected chi connectivity index (χ2v) is 10.1. The van der Waals surface area contributed by atoms with E-state index in [0.29, 0.717) is 58.1 Å². The van der Waals surface area contributed by atoms with E-state index >= 15 is 0 Å². The average molecular weight is 464 g/mol. The highest BCUT2D eigenvalue weighted by atomic mass is 16.5. The Morgan fingerprint density at radius 3 is 2.52 bits per heavy atom. The zero-order valence-electron chi connectivity index (χ0n) is 21.0. The van der Waals surface area contributed by atoms with E-state index in [0.717, 1.165) is 19.5 Å². The van der Waals surface area contributed by atoms with Crippen molar-refractivity contribution in [1.82, 2.24) is 15.1 Å². The summed E-state index contributed by atoms with van der Waals surface area (Å²) in [6.45, 7) is 14.9. The molecule has 0 radical (unpaired) electrons. The van der Waals surface area contributed by atoms with Crippen LogP contribution in [-0.2, 0) is 19.1 Å². The summed E-state index contributed by atoms with van der Waals surface area (Å²) in [5.74, 6) is -0.0808. The van der Waals surface area contributed by atoms with E-state index in [2.05, 4.69) is 44.0 Å². The first kappa shape index (κ1) is 27.1. The SMILES string of the molecule is CCCN1CCC(C#N)(NC(=O)[C@H](CC(C)(C)C)N=C(CC(=O)OCC)N2CCOCC2)C1. The Morgan fingerprint density at radius 2 is 1.94 bits per heavy atom. The van der Waals surface area contributed by atoms with Crippen LogP contribution in [0, 0.1) is 16.7 Å². The van der Waals surface area contributed by atoms with Gasteiger partial charge in [-0.2, -0.15) is 5.26 Å². The third kappa shape index (κ3) is 8.59. The van der Waals surface area contributed by atoms with Gasteiger partial charge in [0.2, 0.25) is 5.91 Å². The first-order valence-corrected chi connectivity index (χ1v) is 12.1. The number of hydrogen-bond donors (Lipinski definition) is 1. The fraction of sp³-hybridized carbons (Fsp3) is 0.833. The molecule has 0 aromatic rings.